The van der Waals surface area contributed by atoms with Crippen LogP contribution in [-0.4, -0.2) is 35.0 Å². The Bertz CT molecular complexity index is 1010. The molecule has 9 nitrogen and oxygen atoms in total. The van der Waals surface area contributed by atoms with Crippen molar-refractivity contribution < 1.29 is 19.1 Å². The summed E-state index contributed by atoms with van der Waals surface area (Å²) < 4.78 is 4.49. The van der Waals surface area contributed by atoms with Gasteiger partial charge in [-0.25, -0.2) is 14.8 Å². The minimum atomic E-state index is -0.697. The van der Waals surface area contributed by atoms with E-state index in [0.29, 0.717) is 16.4 Å². The maximum atomic E-state index is 12.5. The lowest BCUT2D eigenvalue weighted by Crippen LogP contribution is -2.18. The number of rotatable bonds is 5. The molecule has 0 aliphatic rings. The third-order valence-corrected chi connectivity index (χ3v) is 4.31. The van der Waals surface area contributed by atoms with Gasteiger partial charge in [-0.05, 0) is 35.7 Å². The van der Waals surface area contributed by atoms with E-state index in [2.05, 4.69) is 30.7 Å². The summed E-state index contributed by atoms with van der Waals surface area (Å²) in [7, 11) is 1.22. The van der Waals surface area contributed by atoms with Gasteiger partial charge >= 0.3 is 6.09 Å². The third-order valence-electron chi connectivity index (χ3n) is 3.48. The number of thiophene rings is 1. The molecule has 3 N–H and O–H groups in total. The average molecular weight is 397 g/mol. The van der Waals surface area contributed by atoms with E-state index in [0.717, 1.165) is 0 Å². The minimum Gasteiger partial charge on any atom is -0.453 e. The number of hydrogen-bond acceptors (Lipinski definition) is 7. The predicted molar refractivity (Wildman–Crippen MR) is 105 cm³/mol. The fourth-order valence-electron chi connectivity index (χ4n) is 2.18. The SMILES string of the molecule is COC(=O)Nc1cc(C(=O)Nc2sccc2C(=O)Nc2ccccn2)ccn1. The van der Waals surface area contributed by atoms with Crippen LogP contribution in [0.1, 0.15) is 20.7 Å². The first-order valence-electron chi connectivity index (χ1n) is 7.99. The molecule has 0 atom stereocenters. The van der Waals surface area contributed by atoms with Crippen LogP contribution in [0.3, 0.4) is 0 Å². The van der Waals surface area contributed by atoms with E-state index >= 15 is 0 Å². The van der Waals surface area contributed by atoms with Crippen molar-refractivity contribution in [3.8, 4) is 0 Å². The van der Waals surface area contributed by atoms with E-state index in [9.17, 15) is 14.4 Å². The fraction of sp³-hybridized carbons (Fsp3) is 0.0556. The van der Waals surface area contributed by atoms with Crippen LogP contribution in [0, 0.1) is 0 Å². The summed E-state index contributed by atoms with van der Waals surface area (Å²) in [6.07, 6.45) is 2.25. The molecule has 0 fully saturated rings. The highest BCUT2D eigenvalue weighted by atomic mass is 32.1. The molecule has 3 aromatic heterocycles. The second-order valence-electron chi connectivity index (χ2n) is 5.33. The second-order valence-corrected chi connectivity index (χ2v) is 6.25. The van der Waals surface area contributed by atoms with E-state index in [1.54, 1.807) is 35.8 Å². The Balaban J connectivity index is 1.72. The molecule has 0 spiro atoms. The van der Waals surface area contributed by atoms with Crippen molar-refractivity contribution in [2.45, 2.75) is 0 Å². The van der Waals surface area contributed by atoms with Crippen LogP contribution in [0.5, 0.6) is 0 Å². The first-order valence-corrected chi connectivity index (χ1v) is 8.87. The Labute approximate surface area is 163 Å². The lowest BCUT2D eigenvalue weighted by Gasteiger charge is -2.08. The van der Waals surface area contributed by atoms with Gasteiger partial charge in [0.25, 0.3) is 11.8 Å². The van der Waals surface area contributed by atoms with Crippen molar-refractivity contribution in [1.29, 1.82) is 0 Å². The molecular formula is C18H15N5O4S. The normalized spacial score (nSPS) is 10.0. The minimum absolute atomic E-state index is 0.166. The Morgan fingerprint density at radius 3 is 2.50 bits per heavy atom. The second kappa shape index (κ2) is 8.73. The van der Waals surface area contributed by atoms with Gasteiger partial charge in [-0.15, -0.1) is 11.3 Å². The molecule has 0 radical (unpaired) electrons. The number of nitrogens with one attached hydrogen (secondary N) is 3. The number of methoxy groups -OCH3 is 1. The standard InChI is InChI=1S/C18H15N5O4S/c1-27-18(26)22-14-10-11(5-8-20-14)15(24)23-17-12(6-9-28-17)16(25)21-13-4-2-3-7-19-13/h2-10H,1H3,(H,23,24)(H,19,21,25)(H,20,22,26). The van der Waals surface area contributed by atoms with Gasteiger partial charge in [-0.2, -0.15) is 0 Å². The quantitative estimate of drug-likeness (QED) is 0.608. The molecule has 28 heavy (non-hydrogen) atoms. The fourth-order valence-corrected chi connectivity index (χ4v) is 2.96. The summed E-state index contributed by atoms with van der Waals surface area (Å²) in [6, 6.07) is 9.64. The van der Waals surface area contributed by atoms with Gasteiger partial charge in [-0.1, -0.05) is 6.07 Å². The average Bonchev–Trinajstić information content (AvgIpc) is 3.17. The number of carbonyl (C=O) groups excluding carboxylic acids is 3. The number of nitrogens with zero attached hydrogens (tertiary/aromatic N) is 2. The number of anilines is 3. The summed E-state index contributed by atoms with van der Waals surface area (Å²) in [5.41, 5.74) is 0.567. The molecule has 0 saturated heterocycles. The summed E-state index contributed by atoms with van der Waals surface area (Å²) in [5, 5.41) is 9.83. The zero-order valence-electron chi connectivity index (χ0n) is 14.6. The molecule has 3 aromatic rings. The van der Waals surface area contributed by atoms with E-state index in [1.165, 1.54) is 36.8 Å². The summed E-state index contributed by atoms with van der Waals surface area (Å²) in [5.74, 6) is -0.273. The van der Waals surface area contributed by atoms with Crippen LogP contribution in [0.25, 0.3) is 0 Å². The number of ether oxygens (including phenoxy) is 1. The molecule has 3 amide bonds. The van der Waals surface area contributed by atoms with Gasteiger partial charge in [0, 0.05) is 18.0 Å². The molecule has 0 aliphatic carbocycles. The van der Waals surface area contributed by atoms with Gasteiger partial charge in [0.05, 0.1) is 12.7 Å². The predicted octanol–water partition coefficient (Wildman–Crippen LogP) is 3.22. The van der Waals surface area contributed by atoms with Gasteiger partial charge in [0.1, 0.15) is 16.6 Å². The van der Waals surface area contributed by atoms with Crippen molar-refractivity contribution >= 4 is 45.9 Å². The Kier molecular flexibility index (Phi) is 5.92. The molecule has 142 valence electrons. The van der Waals surface area contributed by atoms with Crippen molar-refractivity contribution in [3.05, 3.63) is 65.3 Å². The lowest BCUT2D eigenvalue weighted by molar-refractivity contribution is 0.102. The zero-order valence-corrected chi connectivity index (χ0v) is 15.4. The first kappa shape index (κ1) is 19.0. The van der Waals surface area contributed by atoms with Crippen molar-refractivity contribution in [1.82, 2.24) is 9.97 Å². The monoisotopic (exact) mass is 397 g/mol. The van der Waals surface area contributed by atoms with Crippen molar-refractivity contribution in [2.75, 3.05) is 23.1 Å². The number of aromatic nitrogens is 2. The van der Waals surface area contributed by atoms with Crippen LogP contribution >= 0.6 is 11.3 Å². The van der Waals surface area contributed by atoms with Crippen LogP contribution in [-0.2, 0) is 4.74 Å². The third kappa shape index (κ3) is 4.68. The molecular weight excluding hydrogens is 382 g/mol. The molecule has 3 heterocycles. The zero-order chi connectivity index (χ0) is 19.9. The lowest BCUT2D eigenvalue weighted by atomic mass is 10.2. The maximum Gasteiger partial charge on any atom is 0.412 e. The smallest absolute Gasteiger partial charge is 0.412 e. The van der Waals surface area contributed by atoms with Gasteiger partial charge in [0.15, 0.2) is 0 Å². The molecule has 0 aliphatic heterocycles. The molecule has 0 saturated carbocycles. The van der Waals surface area contributed by atoms with Crippen LogP contribution in [0.15, 0.2) is 54.2 Å². The maximum absolute atomic E-state index is 12.5. The Hall–Kier alpha value is -3.79. The largest absolute Gasteiger partial charge is 0.453 e. The van der Waals surface area contributed by atoms with Crippen LogP contribution in [0.4, 0.5) is 21.4 Å². The van der Waals surface area contributed by atoms with Gasteiger partial charge in [-0.3, -0.25) is 14.9 Å². The number of hydrogen-bond donors (Lipinski definition) is 3. The number of carbonyl (C=O) groups is 3. The topological polar surface area (TPSA) is 122 Å². The number of pyridine rings is 2. The Morgan fingerprint density at radius 2 is 1.75 bits per heavy atom. The Morgan fingerprint density at radius 1 is 0.929 bits per heavy atom. The van der Waals surface area contributed by atoms with E-state index < -0.39 is 17.9 Å². The van der Waals surface area contributed by atoms with E-state index in [1.807, 2.05) is 0 Å². The van der Waals surface area contributed by atoms with Crippen molar-refractivity contribution in [2.24, 2.45) is 0 Å². The van der Waals surface area contributed by atoms with E-state index in [4.69, 9.17) is 0 Å². The van der Waals surface area contributed by atoms with Crippen LogP contribution in [0.2, 0.25) is 0 Å². The highest BCUT2D eigenvalue weighted by Crippen LogP contribution is 2.25. The first-order chi connectivity index (χ1) is 13.6. The van der Waals surface area contributed by atoms with Gasteiger partial charge in [0.2, 0.25) is 0 Å². The summed E-state index contributed by atoms with van der Waals surface area (Å²) >= 11 is 1.21. The summed E-state index contributed by atoms with van der Waals surface area (Å²) in [4.78, 5) is 44.2. The molecule has 0 bridgehead atoms. The van der Waals surface area contributed by atoms with E-state index in [-0.39, 0.29) is 11.4 Å². The van der Waals surface area contributed by atoms with Crippen LogP contribution < -0.4 is 16.0 Å². The molecule has 0 unspecified atom stereocenters. The number of amides is 3. The highest BCUT2D eigenvalue weighted by Gasteiger charge is 2.17. The molecule has 0 aromatic carbocycles. The van der Waals surface area contributed by atoms with Crippen molar-refractivity contribution in [3.63, 3.8) is 0 Å². The molecule has 10 heteroatoms. The van der Waals surface area contributed by atoms with Gasteiger partial charge < -0.3 is 15.4 Å². The summed E-state index contributed by atoms with van der Waals surface area (Å²) in [6.45, 7) is 0. The molecule has 3 rings (SSSR count). The highest BCUT2D eigenvalue weighted by molar-refractivity contribution is 7.14.